The first-order valence-electron chi connectivity index (χ1n) is 10.7. The molecule has 3 aromatic rings. The van der Waals surface area contributed by atoms with Crippen molar-refractivity contribution in [2.45, 2.75) is 25.3 Å². The minimum absolute atomic E-state index is 0.0841. The van der Waals surface area contributed by atoms with E-state index in [4.69, 9.17) is 0 Å². The molecule has 7 heteroatoms. The summed E-state index contributed by atoms with van der Waals surface area (Å²) in [6.45, 7) is 4.35. The summed E-state index contributed by atoms with van der Waals surface area (Å²) in [5.41, 5.74) is 4.33. The molecule has 0 aromatic heterocycles. The number of hydrogen-bond acceptors (Lipinski definition) is 3. The Labute approximate surface area is 195 Å². The van der Waals surface area contributed by atoms with E-state index < -0.39 is 16.5 Å². The number of benzene rings is 3. The van der Waals surface area contributed by atoms with Crippen LogP contribution < -0.4 is 4.90 Å². The Morgan fingerprint density at radius 1 is 1.03 bits per heavy atom. The van der Waals surface area contributed by atoms with Gasteiger partial charge in [-0.1, -0.05) is 42.0 Å². The maximum Gasteiger partial charge on any atom is 0.268 e. The van der Waals surface area contributed by atoms with Gasteiger partial charge in [-0.05, 0) is 49.2 Å². The molecule has 0 aliphatic carbocycles. The number of aryl methyl sites for hydroxylation is 2. The van der Waals surface area contributed by atoms with Crippen molar-refractivity contribution in [1.82, 2.24) is 4.90 Å². The third-order valence-electron chi connectivity index (χ3n) is 6.29. The Morgan fingerprint density at radius 2 is 1.82 bits per heavy atom. The van der Waals surface area contributed by atoms with Gasteiger partial charge in [-0.15, -0.1) is 11.8 Å². The van der Waals surface area contributed by atoms with Gasteiger partial charge in [0.05, 0.1) is 12.2 Å². The van der Waals surface area contributed by atoms with Gasteiger partial charge in [0.1, 0.15) is 0 Å². The lowest BCUT2D eigenvalue weighted by Gasteiger charge is -2.33. The molecule has 1 atom stereocenters. The van der Waals surface area contributed by atoms with Gasteiger partial charge in [0.2, 0.25) is 0 Å². The highest BCUT2D eigenvalue weighted by atomic mass is 32.2. The summed E-state index contributed by atoms with van der Waals surface area (Å²) in [6.07, 6.45) is 0. The van der Waals surface area contributed by atoms with Gasteiger partial charge >= 0.3 is 0 Å². The van der Waals surface area contributed by atoms with E-state index in [2.05, 4.69) is 0 Å². The molecule has 2 heterocycles. The van der Waals surface area contributed by atoms with Crippen LogP contribution in [0, 0.1) is 25.5 Å². The van der Waals surface area contributed by atoms with E-state index in [-0.39, 0.29) is 18.4 Å². The van der Waals surface area contributed by atoms with Crippen molar-refractivity contribution in [3.63, 3.8) is 0 Å². The van der Waals surface area contributed by atoms with Crippen molar-refractivity contribution in [1.29, 1.82) is 0 Å². The van der Waals surface area contributed by atoms with Crippen molar-refractivity contribution >= 4 is 29.3 Å². The fourth-order valence-corrected chi connectivity index (χ4v) is 6.12. The van der Waals surface area contributed by atoms with E-state index in [9.17, 15) is 18.4 Å². The standard InChI is InChI=1S/C26H22F2N2O2S/c1-16-7-10-23-20(13-16)26(25(32)29(23)15-18-8-9-21(27)22(28)14-18)30(11-12-33-26)24(31)19-6-4-3-5-17(19)2/h3-10,13-14H,11-12,15H2,1-2H3. The van der Waals surface area contributed by atoms with Crippen LogP contribution in [0.2, 0.25) is 0 Å². The molecule has 168 valence electrons. The number of hydrogen-bond donors (Lipinski definition) is 0. The van der Waals surface area contributed by atoms with Crippen molar-refractivity contribution in [2.75, 3.05) is 17.2 Å². The quantitative estimate of drug-likeness (QED) is 0.537. The summed E-state index contributed by atoms with van der Waals surface area (Å²) in [5, 5.41) is 0. The molecule has 1 saturated heterocycles. The Bertz CT molecular complexity index is 1300. The Morgan fingerprint density at radius 3 is 2.58 bits per heavy atom. The van der Waals surface area contributed by atoms with E-state index in [1.807, 2.05) is 50.2 Å². The van der Waals surface area contributed by atoms with Gasteiger partial charge in [-0.25, -0.2) is 8.78 Å². The van der Waals surface area contributed by atoms with Gasteiger partial charge in [-0.2, -0.15) is 0 Å². The van der Waals surface area contributed by atoms with Crippen molar-refractivity contribution in [3.05, 3.63) is 100 Å². The van der Waals surface area contributed by atoms with E-state index in [1.165, 1.54) is 17.8 Å². The summed E-state index contributed by atoms with van der Waals surface area (Å²) >= 11 is 1.45. The monoisotopic (exact) mass is 464 g/mol. The van der Waals surface area contributed by atoms with E-state index >= 15 is 0 Å². The van der Waals surface area contributed by atoms with Crippen LogP contribution in [-0.2, 0) is 16.2 Å². The van der Waals surface area contributed by atoms with Crippen LogP contribution >= 0.6 is 11.8 Å². The second-order valence-corrected chi connectivity index (χ2v) is 9.71. The van der Waals surface area contributed by atoms with Gasteiger partial charge < -0.3 is 9.80 Å². The second kappa shape index (κ2) is 7.99. The number of amides is 2. The summed E-state index contributed by atoms with van der Waals surface area (Å²) < 4.78 is 27.3. The van der Waals surface area contributed by atoms with Crippen LogP contribution in [0.25, 0.3) is 0 Å². The highest BCUT2D eigenvalue weighted by molar-refractivity contribution is 8.01. The minimum atomic E-state index is -1.18. The van der Waals surface area contributed by atoms with Crippen LogP contribution in [0.4, 0.5) is 14.5 Å². The molecular weight excluding hydrogens is 442 g/mol. The Kier molecular flexibility index (Phi) is 5.24. The predicted molar refractivity (Wildman–Crippen MR) is 125 cm³/mol. The topological polar surface area (TPSA) is 40.6 Å². The largest absolute Gasteiger partial charge is 0.311 e. The molecule has 0 saturated carbocycles. The first-order chi connectivity index (χ1) is 15.8. The number of thioether (sulfide) groups is 1. The average Bonchev–Trinajstić information content (AvgIpc) is 3.33. The predicted octanol–water partition coefficient (Wildman–Crippen LogP) is 5.17. The fraction of sp³-hybridized carbons (Fsp3) is 0.231. The fourth-order valence-electron chi connectivity index (χ4n) is 4.66. The molecule has 5 rings (SSSR count). The van der Waals surface area contributed by atoms with Crippen LogP contribution in [0.5, 0.6) is 0 Å². The number of carbonyl (C=O) groups excluding carboxylic acids is 2. The first-order valence-corrected chi connectivity index (χ1v) is 11.7. The summed E-state index contributed by atoms with van der Waals surface area (Å²) in [5.74, 6) is -1.69. The number of rotatable bonds is 3. The lowest BCUT2D eigenvalue weighted by Crippen LogP contribution is -2.50. The van der Waals surface area contributed by atoms with Crippen LogP contribution in [0.1, 0.15) is 32.6 Å². The number of nitrogens with zero attached hydrogens (tertiary/aromatic N) is 2. The first kappa shape index (κ1) is 21.6. The SMILES string of the molecule is Cc1ccc2c(c1)C1(SCCN1C(=O)c1ccccc1C)C(=O)N2Cc1ccc(F)c(F)c1. The molecule has 1 spiro atoms. The zero-order valence-corrected chi connectivity index (χ0v) is 19.1. The molecule has 1 fully saturated rings. The average molecular weight is 465 g/mol. The summed E-state index contributed by atoms with van der Waals surface area (Å²) in [4.78, 5) is 29.8. The molecule has 0 N–H and O–H groups in total. The molecule has 0 radical (unpaired) electrons. The Hall–Kier alpha value is -3.19. The summed E-state index contributed by atoms with van der Waals surface area (Å²) in [7, 11) is 0. The Balaban J connectivity index is 1.61. The minimum Gasteiger partial charge on any atom is -0.311 e. The number of halogens is 2. The highest BCUT2D eigenvalue weighted by Gasteiger charge is 2.59. The summed E-state index contributed by atoms with van der Waals surface area (Å²) in [6, 6.07) is 16.7. The molecule has 0 bridgehead atoms. The molecule has 3 aromatic carbocycles. The number of fused-ring (bicyclic) bond motifs is 2. The van der Waals surface area contributed by atoms with E-state index in [0.29, 0.717) is 29.1 Å². The molecular formula is C26H22F2N2O2S. The zero-order chi connectivity index (χ0) is 23.3. The maximum atomic E-state index is 14.0. The van der Waals surface area contributed by atoms with Crippen LogP contribution in [0.15, 0.2) is 60.7 Å². The zero-order valence-electron chi connectivity index (χ0n) is 18.3. The van der Waals surface area contributed by atoms with Crippen LogP contribution in [0.3, 0.4) is 0 Å². The van der Waals surface area contributed by atoms with E-state index in [1.54, 1.807) is 15.9 Å². The van der Waals surface area contributed by atoms with Gasteiger partial charge in [0.15, 0.2) is 16.5 Å². The van der Waals surface area contributed by atoms with Gasteiger partial charge in [0, 0.05) is 23.4 Å². The van der Waals surface area contributed by atoms with Crippen LogP contribution in [-0.4, -0.2) is 29.0 Å². The molecule has 2 aliphatic heterocycles. The number of carbonyl (C=O) groups is 2. The van der Waals surface area contributed by atoms with Crippen molar-refractivity contribution in [3.8, 4) is 0 Å². The van der Waals surface area contributed by atoms with E-state index in [0.717, 1.165) is 28.8 Å². The highest BCUT2D eigenvalue weighted by Crippen LogP contribution is 2.55. The smallest absolute Gasteiger partial charge is 0.268 e. The third kappa shape index (κ3) is 3.33. The maximum absolute atomic E-state index is 14.0. The molecule has 33 heavy (non-hydrogen) atoms. The second-order valence-electron chi connectivity index (χ2n) is 8.42. The molecule has 1 unspecified atom stereocenters. The molecule has 2 amide bonds. The third-order valence-corrected chi connectivity index (χ3v) is 7.71. The number of anilines is 1. The van der Waals surface area contributed by atoms with Crippen molar-refractivity contribution < 1.29 is 18.4 Å². The molecule has 2 aliphatic rings. The van der Waals surface area contributed by atoms with Crippen molar-refractivity contribution in [2.24, 2.45) is 0 Å². The normalized spacial score (nSPS) is 19.5. The molecule has 4 nitrogen and oxygen atoms in total. The lowest BCUT2D eigenvalue weighted by atomic mass is 10.0. The lowest BCUT2D eigenvalue weighted by molar-refractivity contribution is -0.123. The van der Waals surface area contributed by atoms with Gasteiger partial charge in [0.25, 0.3) is 11.8 Å². The van der Waals surface area contributed by atoms with Gasteiger partial charge in [-0.3, -0.25) is 9.59 Å².